The van der Waals surface area contributed by atoms with Crippen LogP contribution in [0.4, 0.5) is 0 Å². The number of nitrogens with two attached hydrogens (primary N) is 2. The second-order valence-corrected chi connectivity index (χ2v) is 5.75. The highest BCUT2D eigenvalue weighted by molar-refractivity contribution is 9.10. The van der Waals surface area contributed by atoms with E-state index in [2.05, 4.69) is 26.3 Å². The lowest BCUT2D eigenvalue weighted by Crippen LogP contribution is -2.39. The van der Waals surface area contributed by atoms with Gasteiger partial charge in [0.2, 0.25) is 0 Å². The van der Waals surface area contributed by atoms with E-state index in [1.165, 1.54) is 5.56 Å². The van der Waals surface area contributed by atoms with E-state index in [9.17, 15) is 4.79 Å². The van der Waals surface area contributed by atoms with Gasteiger partial charge >= 0.3 is 0 Å². The summed E-state index contributed by atoms with van der Waals surface area (Å²) < 4.78 is 0.934. The van der Waals surface area contributed by atoms with Crippen LogP contribution >= 0.6 is 15.9 Å². The molecule has 0 saturated carbocycles. The molecule has 1 fully saturated rings. The van der Waals surface area contributed by atoms with Gasteiger partial charge in [0.25, 0.3) is 5.91 Å². The Bertz CT molecular complexity index is 458. The van der Waals surface area contributed by atoms with Crippen LogP contribution < -0.4 is 17.0 Å². The number of nitrogens with one attached hydrogen (secondary N) is 1. The van der Waals surface area contributed by atoms with Gasteiger partial charge in [-0.15, -0.1) is 0 Å². The molecule has 1 heterocycles. The summed E-state index contributed by atoms with van der Waals surface area (Å²) in [5.74, 6) is 4.84. The topological polar surface area (TPSA) is 84.4 Å². The van der Waals surface area contributed by atoms with E-state index in [0.717, 1.165) is 36.9 Å². The molecule has 1 aliphatic rings. The first-order valence-electron chi connectivity index (χ1n) is 6.37. The summed E-state index contributed by atoms with van der Waals surface area (Å²) in [6.07, 6.45) is 2.09. The lowest BCUT2D eigenvalue weighted by Gasteiger charge is -2.30. The van der Waals surface area contributed by atoms with E-state index in [0.29, 0.717) is 11.6 Å². The Kier molecular flexibility index (Phi) is 4.93. The van der Waals surface area contributed by atoms with Crippen molar-refractivity contribution in [3.05, 3.63) is 33.8 Å². The van der Waals surface area contributed by atoms with E-state index < -0.39 is 0 Å². The molecule has 0 aromatic heterocycles. The van der Waals surface area contributed by atoms with E-state index >= 15 is 0 Å². The fraction of sp³-hybridized carbons (Fsp3) is 0.462. The van der Waals surface area contributed by atoms with E-state index in [-0.39, 0.29) is 5.91 Å². The zero-order valence-corrected chi connectivity index (χ0v) is 12.3. The van der Waals surface area contributed by atoms with Gasteiger partial charge in [-0.25, -0.2) is 5.84 Å². The summed E-state index contributed by atoms with van der Waals surface area (Å²) in [7, 11) is 0. The van der Waals surface area contributed by atoms with Crippen LogP contribution in [0.1, 0.15) is 28.8 Å². The van der Waals surface area contributed by atoms with Crippen molar-refractivity contribution in [3.8, 4) is 0 Å². The highest BCUT2D eigenvalue weighted by Crippen LogP contribution is 2.22. The summed E-state index contributed by atoms with van der Waals surface area (Å²) in [6, 6.07) is 5.89. The molecule has 1 amide bonds. The fourth-order valence-electron chi connectivity index (χ4n) is 2.25. The third-order valence-corrected chi connectivity index (χ3v) is 4.21. The molecule has 0 unspecified atom stereocenters. The lowest BCUT2D eigenvalue weighted by atomic mass is 10.0. The molecule has 2 rings (SSSR count). The van der Waals surface area contributed by atoms with Crippen molar-refractivity contribution in [2.45, 2.75) is 25.4 Å². The largest absolute Gasteiger partial charge is 0.328 e. The average Bonchev–Trinajstić information content (AvgIpc) is 2.42. The van der Waals surface area contributed by atoms with Gasteiger partial charge in [0, 0.05) is 22.6 Å². The predicted molar refractivity (Wildman–Crippen MR) is 78.3 cm³/mol. The van der Waals surface area contributed by atoms with Gasteiger partial charge in [0.05, 0.1) is 0 Å². The van der Waals surface area contributed by atoms with Crippen molar-refractivity contribution >= 4 is 21.8 Å². The number of halogens is 1. The number of likely N-dealkylation sites (tertiary alicyclic amines) is 1. The molecule has 0 aliphatic carbocycles. The SMILES string of the molecule is NNC(=O)c1ccc(CN2CCC(N)CC2)c(Br)c1. The first-order chi connectivity index (χ1) is 9.10. The third-order valence-electron chi connectivity index (χ3n) is 3.47. The summed E-state index contributed by atoms with van der Waals surface area (Å²) in [5.41, 5.74) is 9.75. The Morgan fingerprint density at radius 2 is 2.11 bits per heavy atom. The molecule has 1 saturated heterocycles. The lowest BCUT2D eigenvalue weighted by molar-refractivity contribution is 0.0953. The van der Waals surface area contributed by atoms with Crippen molar-refractivity contribution in [1.82, 2.24) is 10.3 Å². The number of nitrogens with zero attached hydrogens (tertiary/aromatic N) is 1. The Balaban J connectivity index is 2.03. The van der Waals surface area contributed by atoms with Crippen LogP contribution in [0.3, 0.4) is 0 Å². The Labute approximate surface area is 121 Å². The van der Waals surface area contributed by atoms with Gasteiger partial charge in [-0.05, 0) is 43.6 Å². The second kappa shape index (κ2) is 6.47. The van der Waals surface area contributed by atoms with Crippen LogP contribution in [0.15, 0.2) is 22.7 Å². The Morgan fingerprint density at radius 1 is 1.42 bits per heavy atom. The average molecular weight is 327 g/mol. The zero-order valence-electron chi connectivity index (χ0n) is 10.7. The molecule has 6 heteroatoms. The maximum absolute atomic E-state index is 11.4. The van der Waals surface area contributed by atoms with E-state index in [1.54, 1.807) is 12.1 Å². The summed E-state index contributed by atoms with van der Waals surface area (Å²) >= 11 is 3.51. The Morgan fingerprint density at radius 3 is 2.68 bits per heavy atom. The van der Waals surface area contributed by atoms with Crippen LogP contribution in [-0.4, -0.2) is 29.9 Å². The van der Waals surface area contributed by atoms with Crippen LogP contribution in [0.5, 0.6) is 0 Å². The number of piperidine rings is 1. The van der Waals surface area contributed by atoms with Gasteiger partial charge in [-0.1, -0.05) is 22.0 Å². The molecular weight excluding hydrogens is 308 g/mol. The highest BCUT2D eigenvalue weighted by Gasteiger charge is 2.17. The van der Waals surface area contributed by atoms with E-state index in [1.807, 2.05) is 6.07 Å². The number of benzene rings is 1. The maximum atomic E-state index is 11.4. The molecule has 0 radical (unpaired) electrons. The molecule has 0 bridgehead atoms. The van der Waals surface area contributed by atoms with Crippen LogP contribution in [0.25, 0.3) is 0 Å². The number of rotatable bonds is 3. The first kappa shape index (κ1) is 14.5. The molecule has 1 aliphatic heterocycles. The van der Waals surface area contributed by atoms with Crippen molar-refractivity contribution < 1.29 is 4.79 Å². The smallest absolute Gasteiger partial charge is 0.265 e. The van der Waals surface area contributed by atoms with Gasteiger partial charge in [0.15, 0.2) is 0 Å². The molecule has 5 N–H and O–H groups in total. The van der Waals surface area contributed by atoms with Crippen LogP contribution in [-0.2, 0) is 6.54 Å². The normalized spacial score (nSPS) is 17.4. The molecule has 104 valence electrons. The number of hydrazine groups is 1. The zero-order chi connectivity index (χ0) is 13.8. The number of carbonyl (C=O) groups is 1. The number of nitrogen functional groups attached to an aromatic ring is 1. The number of hydrogen-bond acceptors (Lipinski definition) is 4. The van der Waals surface area contributed by atoms with Crippen molar-refractivity contribution in [2.24, 2.45) is 11.6 Å². The summed E-state index contributed by atoms with van der Waals surface area (Å²) in [5, 5.41) is 0. The second-order valence-electron chi connectivity index (χ2n) is 4.89. The Hall–Kier alpha value is -0.950. The maximum Gasteiger partial charge on any atom is 0.265 e. The third kappa shape index (κ3) is 3.76. The fourth-order valence-corrected chi connectivity index (χ4v) is 2.76. The number of carbonyl (C=O) groups excluding carboxylic acids is 1. The number of amides is 1. The molecule has 0 spiro atoms. The molecular formula is C13H19BrN4O. The van der Waals surface area contributed by atoms with Gasteiger partial charge in [0.1, 0.15) is 0 Å². The van der Waals surface area contributed by atoms with Gasteiger partial charge in [-0.2, -0.15) is 0 Å². The predicted octanol–water partition coefficient (Wildman–Crippen LogP) is 0.976. The molecule has 1 aromatic rings. The summed E-state index contributed by atoms with van der Waals surface area (Å²) in [6.45, 7) is 2.93. The molecule has 1 aromatic carbocycles. The standard InChI is InChI=1S/C13H19BrN4O/c14-12-7-9(13(19)17-16)1-2-10(12)8-18-5-3-11(15)4-6-18/h1-2,7,11H,3-6,8,15-16H2,(H,17,19). The van der Waals surface area contributed by atoms with Crippen molar-refractivity contribution in [3.63, 3.8) is 0 Å². The van der Waals surface area contributed by atoms with Crippen LogP contribution in [0.2, 0.25) is 0 Å². The van der Waals surface area contributed by atoms with Crippen molar-refractivity contribution in [2.75, 3.05) is 13.1 Å². The number of hydrogen-bond donors (Lipinski definition) is 3. The monoisotopic (exact) mass is 326 g/mol. The molecule has 0 atom stereocenters. The first-order valence-corrected chi connectivity index (χ1v) is 7.16. The summed E-state index contributed by atoms with van der Waals surface area (Å²) in [4.78, 5) is 13.8. The van der Waals surface area contributed by atoms with Gasteiger partial charge < -0.3 is 5.73 Å². The van der Waals surface area contributed by atoms with Gasteiger partial charge in [-0.3, -0.25) is 15.1 Å². The minimum absolute atomic E-state index is 0.281. The molecule has 19 heavy (non-hydrogen) atoms. The quantitative estimate of drug-likeness (QED) is 0.439. The minimum Gasteiger partial charge on any atom is -0.328 e. The van der Waals surface area contributed by atoms with Crippen LogP contribution in [0, 0.1) is 0 Å². The van der Waals surface area contributed by atoms with E-state index in [4.69, 9.17) is 11.6 Å². The molecule has 5 nitrogen and oxygen atoms in total. The highest BCUT2D eigenvalue weighted by atomic mass is 79.9. The van der Waals surface area contributed by atoms with Crippen molar-refractivity contribution in [1.29, 1.82) is 0 Å². The minimum atomic E-state index is -0.281.